The number of rotatable bonds is 3. The van der Waals surface area contributed by atoms with Gasteiger partial charge in [-0.3, -0.25) is 0 Å². The second-order valence-electron chi connectivity index (χ2n) is 4.07. The molecule has 0 spiro atoms. The van der Waals surface area contributed by atoms with E-state index in [0.29, 0.717) is 13.1 Å². The largest absolute Gasteiger partial charge is 0.391 e. The van der Waals surface area contributed by atoms with Gasteiger partial charge in [0.15, 0.2) is 0 Å². The minimum atomic E-state index is -0.319. The summed E-state index contributed by atoms with van der Waals surface area (Å²) < 4.78 is 0. The molecule has 0 aromatic heterocycles. The van der Waals surface area contributed by atoms with Gasteiger partial charge in [0.2, 0.25) is 0 Å². The van der Waals surface area contributed by atoms with Crippen LogP contribution >= 0.6 is 0 Å². The smallest absolute Gasteiger partial charge is 0.320 e. The monoisotopic (exact) mass is 199 g/mol. The van der Waals surface area contributed by atoms with Crippen molar-refractivity contribution in [3.63, 3.8) is 0 Å². The molecule has 2 fully saturated rings. The molecule has 2 atom stereocenters. The average Bonchev–Trinajstić information content (AvgIpc) is 2.63. The molecular formula is C9H17N3O2. The first-order valence-corrected chi connectivity index (χ1v) is 5.16. The van der Waals surface area contributed by atoms with Crippen molar-refractivity contribution in [2.45, 2.75) is 25.0 Å². The number of aliphatic hydroxyl groups is 1. The second kappa shape index (κ2) is 3.74. The van der Waals surface area contributed by atoms with Crippen molar-refractivity contribution in [3.8, 4) is 0 Å². The van der Waals surface area contributed by atoms with Crippen LogP contribution < -0.4 is 5.73 Å². The van der Waals surface area contributed by atoms with Crippen LogP contribution in [0, 0.1) is 0 Å². The molecule has 2 rings (SSSR count). The molecule has 3 N–H and O–H groups in total. The first-order valence-electron chi connectivity index (χ1n) is 5.16. The number of carbonyl (C=O) groups is 1. The lowest BCUT2D eigenvalue weighted by molar-refractivity contribution is 0.160. The molecule has 2 aliphatic heterocycles. The Labute approximate surface area is 83.5 Å². The Morgan fingerprint density at radius 3 is 2.93 bits per heavy atom. The predicted octanol–water partition coefficient (Wildman–Crippen LogP) is -0.794. The topological polar surface area (TPSA) is 69.8 Å². The third-order valence-electron chi connectivity index (χ3n) is 2.97. The van der Waals surface area contributed by atoms with Crippen LogP contribution in [0.2, 0.25) is 0 Å². The molecule has 0 aromatic rings. The van der Waals surface area contributed by atoms with Gasteiger partial charge in [-0.25, -0.2) is 4.79 Å². The van der Waals surface area contributed by atoms with E-state index in [-0.39, 0.29) is 18.2 Å². The first kappa shape index (κ1) is 9.73. The van der Waals surface area contributed by atoms with Crippen molar-refractivity contribution in [1.29, 1.82) is 0 Å². The van der Waals surface area contributed by atoms with E-state index in [2.05, 4.69) is 0 Å². The van der Waals surface area contributed by atoms with Crippen LogP contribution in [0.1, 0.15) is 12.8 Å². The number of nitrogens with zero attached hydrogens (tertiary/aromatic N) is 2. The van der Waals surface area contributed by atoms with Gasteiger partial charge in [0.25, 0.3) is 0 Å². The van der Waals surface area contributed by atoms with Crippen LogP contribution in [-0.2, 0) is 0 Å². The molecule has 0 saturated carbocycles. The zero-order valence-electron chi connectivity index (χ0n) is 8.22. The molecule has 0 unspecified atom stereocenters. The third kappa shape index (κ3) is 1.57. The van der Waals surface area contributed by atoms with Crippen molar-refractivity contribution in [1.82, 2.24) is 9.80 Å². The summed E-state index contributed by atoms with van der Waals surface area (Å²) in [5, 5.41) is 9.38. The van der Waals surface area contributed by atoms with Gasteiger partial charge in [-0.2, -0.15) is 0 Å². The van der Waals surface area contributed by atoms with E-state index in [0.717, 1.165) is 25.9 Å². The Kier molecular flexibility index (Phi) is 2.60. The van der Waals surface area contributed by atoms with Crippen LogP contribution in [-0.4, -0.2) is 59.3 Å². The Morgan fingerprint density at radius 2 is 2.29 bits per heavy atom. The fraction of sp³-hybridized carbons (Fsp3) is 0.889. The molecule has 0 bridgehead atoms. The summed E-state index contributed by atoms with van der Waals surface area (Å²) in [6, 6.07) is 0.301. The summed E-state index contributed by atoms with van der Waals surface area (Å²) in [7, 11) is 0. The molecule has 0 aromatic carbocycles. The number of hydrogen-bond acceptors (Lipinski definition) is 3. The van der Waals surface area contributed by atoms with E-state index in [1.165, 1.54) is 0 Å². The molecule has 2 heterocycles. The Balaban J connectivity index is 1.92. The SMILES string of the molecule is NCCCN1C[C@@H]2C[C@@H](O)CN2C1=O. The second-order valence-corrected chi connectivity index (χ2v) is 4.07. The zero-order chi connectivity index (χ0) is 10.1. The van der Waals surface area contributed by atoms with Gasteiger partial charge in [0, 0.05) is 19.6 Å². The number of hydrogen-bond donors (Lipinski definition) is 2. The number of amides is 2. The molecular weight excluding hydrogens is 182 g/mol. The fourth-order valence-electron chi connectivity index (χ4n) is 2.28. The number of nitrogens with two attached hydrogens (primary N) is 1. The molecule has 5 heteroatoms. The lowest BCUT2D eigenvalue weighted by Gasteiger charge is -2.17. The van der Waals surface area contributed by atoms with Crippen LogP contribution in [0.5, 0.6) is 0 Å². The van der Waals surface area contributed by atoms with Crippen LogP contribution in [0.3, 0.4) is 0 Å². The third-order valence-corrected chi connectivity index (χ3v) is 2.97. The quantitative estimate of drug-likeness (QED) is 0.625. The molecule has 2 aliphatic rings. The number of carbonyl (C=O) groups excluding carboxylic acids is 1. The van der Waals surface area contributed by atoms with Gasteiger partial charge >= 0.3 is 6.03 Å². The minimum absolute atomic E-state index is 0.0694. The van der Waals surface area contributed by atoms with E-state index < -0.39 is 0 Å². The van der Waals surface area contributed by atoms with Crippen molar-refractivity contribution in [2.75, 3.05) is 26.2 Å². The summed E-state index contributed by atoms with van der Waals surface area (Å²) in [6.07, 6.45) is 1.26. The molecule has 14 heavy (non-hydrogen) atoms. The normalized spacial score (nSPS) is 31.4. The molecule has 80 valence electrons. The van der Waals surface area contributed by atoms with Gasteiger partial charge < -0.3 is 20.6 Å². The number of urea groups is 1. The first-order chi connectivity index (χ1) is 6.72. The summed E-state index contributed by atoms with van der Waals surface area (Å²) in [5.41, 5.74) is 5.40. The van der Waals surface area contributed by atoms with Gasteiger partial charge in [-0.1, -0.05) is 0 Å². The standard InChI is InChI=1S/C9H17N3O2/c10-2-1-3-11-5-7-4-8(13)6-12(7)9(11)14/h7-8,13H,1-6,10H2/t7-,8+/m0/s1. The van der Waals surface area contributed by atoms with Crippen molar-refractivity contribution < 1.29 is 9.90 Å². The highest BCUT2D eigenvalue weighted by atomic mass is 16.3. The Morgan fingerprint density at radius 1 is 1.50 bits per heavy atom. The molecule has 0 aliphatic carbocycles. The highest BCUT2D eigenvalue weighted by Crippen LogP contribution is 2.26. The van der Waals surface area contributed by atoms with Crippen LogP contribution in [0.15, 0.2) is 0 Å². The summed E-state index contributed by atoms with van der Waals surface area (Å²) >= 11 is 0. The predicted molar refractivity (Wildman–Crippen MR) is 51.8 cm³/mol. The van der Waals surface area contributed by atoms with Gasteiger partial charge in [0.1, 0.15) is 0 Å². The highest BCUT2D eigenvalue weighted by Gasteiger charge is 2.42. The highest BCUT2D eigenvalue weighted by molar-refractivity contribution is 5.77. The van der Waals surface area contributed by atoms with Crippen LogP contribution in [0.4, 0.5) is 4.79 Å². The summed E-state index contributed by atoms with van der Waals surface area (Å²) in [4.78, 5) is 15.4. The molecule has 2 saturated heterocycles. The van der Waals surface area contributed by atoms with Crippen molar-refractivity contribution in [3.05, 3.63) is 0 Å². The maximum absolute atomic E-state index is 11.7. The maximum Gasteiger partial charge on any atom is 0.320 e. The van der Waals surface area contributed by atoms with Crippen LogP contribution in [0.25, 0.3) is 0 Å². The summed E-state index contributed by atoms with van der Waals surface area (Å²) in [6.45, 7) is 2.63. The van der Waals surface area contributed by atoms with E-state index >= 15 is 0 Å². The maximum atomic E-state index is 11.7. The van der Waals surface area contributed by atoms with E-state index in [4.69, 9.17) is 5.73 Å². The van der Waals surface area contributed by atoms with E-state index in [1.54, 1.807) is 4.90 Å². The van der Waals surface area contributed by atoms with Gasteiger partial charge in [-0.05, 0) is 19.4 Å². The van der Waals surface area contributed by atoms with Crippen molar-refractivity contribution >= 4 is 6.03 Å². The zero-order valence-corrected chi connectivity index (χ0v) is 8.22. The molecule has 0 radical (unpaired) electrons. The van der Waals surface area contributed by atoms with E-state index in [9.17, 15) is 9.90 Å². The van der Waals surface area contributed by atoms with Gasteiger partial charge in [0.05, 0.1) is 12.1 Å². The lowest BCUT2D eigenvalue weighted by Crippen LogP contribution is -2.34. The Hall–Kier alpha value is -0.810. The lowest BCUT2D eigenvalue weighted by atomic mass is 10.2. The molecule has 5 nitrogen and oxygen atoms in total. The summed E-state index contributed by atoms with van der Waals surface area (Å²) in [5.74, 6) is 0. The minimum Gasteiger partial charge on any atom is -0.391 e. The van der Waals surface area contributed by atoms with E-state index in [1.807, 2.05) is 4.90 Å². The van der Waals surface area contributed by atoms with Gasteiger partial charge in [-0.15, -0.1) is 0 Å². The average molecular weight is 199 g/mol. The Bertz CT molecular complexity index is 234. The fourth-order valence-corrected chi connectivity index (χ4v) is 2.28. The number of aliphatic hydroxyl groups excluding tert-OH is 1. The number of fused-ring (bicyclic) bond motifs is 1. The molecule has 2 amide bonds. The van der Waals surface area contributed by atoms with Crippen molar-refractivity contribution in [2.24, 2.45) is 5.73 Å².